The molecule has 1 saturated heterocycles. The van der Waals surface area contributed by atoms with Gasteiger partial charge in [0, 0.05) is 19.0 Å². The van der Waals surface area contributed by atoms with Gasteiger partial charge >= 0.3 is 12.4 Å². The van der Waals surface area contributed by atoms with Crippen molar-refractivity contribution >= 4 is 12.2 Å². The molecule has 11 heteroatoms. The number of hydrogen-bond acceptors (Lipinski definition) is 4. The molecule has 0 bridgehead atoms. The van der Waals surface area contributed by atoms with Crippen molar-refractivity contribution in [3.8, 4) is 5.75 Å². The number of piperidine rings is 1. The predicted molar refractivity (Wildman–Crippen MR) is 136 cm³/mol. The first kappa shape index (κ1) is 29.9. The fraction of sp³-hybridized carbons (Fsp3) is 0.517. The molecule has 218 valence electrons. The molecule has 2 aromatic rings. The number of nitrogens with zero attached hydrogens (tertiary/aromatic N) is 1. The highest BCUT2D eigenvalue weighted by Crippen LogP contribution is 2.42. The van der Waals surface area contributed by atoms with Crippen LogP contribution in [0.1, 0.15) is 65.6 Å². The summed E-state index contributed by atoms with van der Waals surface area (Å²) >= 11 is 0. The third kappa shape index (κ3) is 7.35. The van der Waals surface area contributed by atoms with Gasteiger partial charge in [-0.3, -0.25) is 4.79 Å². The first-order valence-electron chi connectivity index (χ1n) is 13.3. The molecule has 2 saturated carbocycles. The number of halogens is 6. The van der Waals surface area contributed by atoms with Crippen LogP contribution in [0, 0.1) is 11.8 Å². The van der Waals surface area contributed by atoms with Crippen LogP contribution in [0.5, 0.6) is 5.75 Å². The topological polar surface area (TPSA) is 58.6 Å². The Morgan fingerprint density at radius 1 is 1.05 bits per heavy atom. The summed E-state index contributed by atoms with van der Waals surface area (Å²) in [4.78, 5) is 25.2. The quantitative estimate of drug-likeness (QED) is 0.307. The van der Waals surface area contributed by atoms with Gasteiger partial charge in [0.1, 0.15) is 12.0 Å². The van der Waals surface area contributed by atoms with E-state index in [0.29, 0.717) is 37.3 Å². The molecule has 1 N–H and O–H groups in total. The molecule has 40 heavy (non-hydrogen) atoms. The normalized spacial score (nSPS) is 21.7. The summed E-state index contributed by atoms with van der Waals surface area (Å²) in [6, 6.07) is 9.36. The van der Waals surface area contributed by atoms with Crippen molar-refractivity contribution in [2.24, 2.45) is 11.8 Å². The third-order valence-electron chi connectivity index (χ3n) is 7.46. The van der Waals surface area contributed by atoms with Crippen LogP contribution in [-0.2, 0) is 22.7 Å². The Morgan fingerprint density at radius 3 is 2.23 bits per heavy atom. The molecule has 5 rings (SSSR count). The van der Waals surface area contributed by atoms with Crippen LogP contribution in [0.2, 0.25) is 0 Å². The Labute approximate surface area is 228 Å². The zero-order valence-electron chi connectivity index (χ0n) is 22.1. The molecule has 0 aromatic heterocycles. The minimum atomic E-state index is -5.20. The molecule has 1 amide bonds. The summed E-state index contributed by atoms with van der Waals surface area (Å²) in [6.07, 6.45) is -3.50. The van der Waals surface area contributed by atoms with Gasteiger partial charge in [-0.05, 0) is 68.7 Å². The van der Waals surface area contributed by atoms with Crippen molar-refractivity contribution in [1.82, 2.24) is 10.2 Å². The molecule has 1 atom stereocenters. The minimum Gasteiger partial charge on any atom is -0.496 e. The Hall–Kier alpha value is -3.08. The number of hydrogen-bond donors (Lipinski definition) is 1. The fourth-order valence-corrected chi connectivity index (χ4v) is 5.04. The standard InChI is InChI=1S/C25H26F6N2O2.C4H6O/c1-35-20-13-18(24(26,27)28)12-19(25(29,30)31)21(20)22(34)32-23(17-6-3-2-4-7-17)10-5-11-33(15-23)14-16-8-9-16;5-3-4-1-2-4/h2-4,6-7,12-13,16H,5,8-11,14-15H2,1H3,(H,32,34);3-4H,1-2H2. The van der Waals surface area contributed by atoms with Gasteiger partial charge in [0.25, 0.3) is 5.91 Å². The van der Waals surface area contributed by atoms with E-state index in [1.54, 1.807) is 30.3 Å². The average molecular weight is 571 g/mol. The lowest BCUT2D eigenvalue weighted by atomic mass is 9.81. The zero-order chi connectivity index (χ0) is 29.1. The van der Waals surface area contributed by atoms with E-state index in [0.717, 1.165) is 57.7 Å². The van der Waals surface area contributed by atoms with Crippen molar-refractivity contribution in [3.63, 3.8) is 0 Å². The highest BCUT2D eigenvalue weighted by atomic mass is 19.4. The first-order valence-corrected chi connectivity index (χ1v) is 13.3. The van der Waals surface area contributed by atoms with Crippen LogP contribution >= 0.6 is 0 Å². The van der Waals surface area contributed by atoms with Crippen LogP contribution in [0.15, 0.2) is 42.5 Å². The second-order valence-corrected chi connectivity index (χ2v) is 10.8. The van der Waals surface area contributed by atoms with Gasteiger partial charge in [-0.15, -0.1) is 0 Å². The van der Waals surface area contributed by atoms with Crippen LogP contribution in [-0.4, -0.2) is 43.8 Å². The summed E-state index contributed by atoms with van der Waals surface area (Å²) in [5.74, 6) is -0.877. The fourth-order valence-electron chi connectivity index (χ4n) is 5.04. The molecule has 0 radical (unpaired) electrons. The van der Waals surface area contributed by atoms with E-state index < -0.39 is 46.2 Å². The summed E-state index contributed by atoms with van der Waals surface area (Å²) in [7, 11) is 0.942. The van der Waals surface area contributed by atoms with E-state index in [-0.39, 0.29) is 6.07 Å². The number of benzene rings is 2. The number of carbonyl (C=O) groups excluding carboxylic acids is 2. The number of methoxy groups -OCH3 is 1. The summed E-state index contributed by atoms with van der Waals surface area (Å²) in [5, 5.41) is 2.79. The molecular formula is C29H32F6N2O3. The smallest absolute Gasteiger partial charge is 0.417 e. The maximum Gasteiger partial charge on any atom is 0.417 e. The van der Waals surface area contributed by atoms with Crippen LogP contribution in [0.4, 0.5) is 26.3 Å². The van der Waals surface area contributed by atoms with Gasteiger partial charge in [0.15, 0.2) is 0 Å². The molecule has 1 unspecified atom stereocenters. The Bertz CT molecular complexity index is 1190. The zero-order valence-corrected chi connectivity index (χ0v) is 22.1. The number of alkyl halides is 6. The second kappa shape index (κ2) is 11.8. The van der Waals surface area contributed by atoms with E-state index in [4.69, 9.17) is 4.74 Å². The molecule has 2 aromatic carbocycles. The van der Waals surface area contributed by atoms with E-state index in [1.807, 2.05) is 0 Å². The lowest BCUT2D eigenvalue weighted by Gasteiger charge is -2.44. The van der Waals surface area contributed by atoms with Crippen LogP contribution in [0.3, 0.4) is 0 Å². The van der Waals surface area contributed by atoms with Crippen molar-refractivity contribution in [3.05, 3.63) is 64.7 Å². The molecule has 0 spiro atoms. The average Bonchev–Trinajstić information content (AvgIpc) is 3.84. The molecule has 1 heterocycles. The number of ether oxygens (including phenoxy) is 1. The lowest BCUT2D eigenvalue weighted by Crippen LogP contribution is -2.56. The number of carbonyl (C=O) groups is 2. The Balaban J connectivity index is 0.000000666. The highest BCUT2D eigenvalue weighted by Gasteiger charge is 2.45. The maximum absolute atomic E-state index is 13.9. The number of likely N-dealkylation sites (tertiary alicyclic amines) is 1. The van der Waals surface area contributed by atoms with E-state index >= 15 is 0 Å². The van der Waals surface area contributed by atoms with Crippen molar-refractivity contribution < 1.29 is 40.7 Å². The van der Waals surface area contributed by atoms with Gasteiger partial charge in [0.05, 0.1) is 29.3 Å². The van der Waals surface area contributed by atoms with Crippen LogP contribution < -0.4 is 10.1 Å². The highest BCUT2D eigenvalue weighted by molar-refractivity contribution is 5.99. The lowest BCUT2D eigenvalue weighted by molar-refractivity contribution is -0.143. The number of amides is 1. The monoisotopic (exact) mass is 570 g/mol. The summed E-state index contributed by atoms with van der Waals surface area (Å²) < 4.78 is 86.4. The van der Waals surface area contributed by atoms with Gasteiger partial charge in [-0.2, -0.15) is 26.3 Å². The van der Waals surface area contributed by atoms with Gasteiger partial charge in [0.2, 0.25) is 0 Å². The maximum atomic E-state index is 13.9. The van der Waals surface area contributed by atoms with Crippen molar-refractivity contribution in [2.75, 3.05) is 26.7 Å². The Kier molecular flexibility index (Phi) is 8.82. The molecule has 5 nitrogen and oxygen atoms in total. The Morgan fingerprint density at radius 2 is 1.73 bits per heavy atom. The molecule has 3 fully saturated rings. The van der Waals surface area contributed by atoms with Gasteiger partial charge in [-0.1, -0.05) is 30.3 Å². The van der Waals surface area contributed by atoms with E-state index in [2.05, 4.69) is 10.2 Å². The summed E-state index contributed by atoms with van der Waals surface area (Å²) in [5.41, 5.74) is -4.45. The minimum absolute atomic E-state index is 0.0348. The van der Waals surface area contributed by atoms with Crippen LogP contribution in [0.25, 0.3) is 0 Å². The SMILES string of the molecule is COc1cc(C(F)(F)F)cc(C(F)(F)F)c1C(=O)NC1(c2ccccc2)CCCN(CC2CC2)C1.O=CC1CC1. The molecule has 1 aliphatic heterocycles. The van der Waals surface area contributed by atoms with Gasteiger partial charge < -0.3 is 19.7 Å². The number of nitrogens with one attached hydrogen (secondary N) is 1. The van der Waals surface area contributed by atoms with E-state index in [9.17, 15) is 35.9 Å². The first-order chi connectivity index (χ1) is 18.9. The molecular weight excluding hydrogens is 538 g/mol. The predicted octanol–water partition coefficient (Wildman–Crippen LogP) is 6.46. The van der Waals surface area contributed by atoms with Crippen molar-refractivity contribution in [1.29, 1.82) is 0 Å². The van der Waals surface area contributed by atoms with Gasteiger partial charge in [-0.25, -0.2) is 0 Å². The molecule has 2 aliphatic carbocycles. The van der Waals surface area contributed by atoms with Crippen molar-refractivity contribution in [2.45, 2.75) is 56.4 Å². The van der Waals surface area contributed by atoms with E-state index in [1.165, 1.54) is 0 Å². The second-order valence-electron chi connectivity index (χ2n) is 10.8. The number of rotatable bonds is 7. The number of aldehydes is 1. The molecule has 3 aliphatic rings. The third-order valence-corrected chi connectivity index (χ3v) is 7.46. The largest absolute Gasteiger partial charge is 0.496 e. The summed E-state index contributed by atoms with van der Waals surface area (Å²) in [6.45, 7) is 2.03.